The number of rotatable bonds is 5. The molecule has 1 aliphatic heterocycles. The quantitative estimate of drug-likeness (QED) is 0.492. The van der Waals surface area contributed by atoms with E-state index in [0.717, 1.165) is 12.5 Å². The Morgan fingerprint density at radius 2 is 1.95 bits per heavy atom. The predicted molar refractivity (Wildman–Crippen MR) is 81.0 cm³/mol. The van der Waals surface area contributed by atoms with Gasteiger partial charge in [-0.2, -0.15) is 0 Å². The number of nitrogens with one attached hydrogen (secondary N) is 1. The van der Waals surface area contributed by atoms with Gasteiger partial charge >= 0.3 is 0 Å². The first kappa shape index (κ1) is 15.0. The largest absolute Gasteiger partial charge is 0.299 e. The van der Waals surface area contributed by atoms with Gasteiger partial charge in [-0.3, -0.25) is 15.1 Å². The molecule has 0 bridgehead atoms. The number of carbonyl (C=O) groups is 1. The van der Waals surface area contributed by atoms with Crippen LogP contribution in [0.5, 0.6) is 0 Å². The van der Waals surface area contributed by atoms with Crippen molar-refractivity contribution < 1.29 is 4.79 Å². The Morgan fingerprint density at radius 3 is 2.50 bits per heavy atom. The lowest BCUT2D eigenvalue weighted by Crippen LogP contribution is -2.33. The fraction of sp³-hybridized carbons (Fsp3) is 0.562. The van der Waals surface area contributed by atoms with E-state index in [2.05, 4.69) is 17.2 Å². The molecule has 1 heterocycles. The van der Waals surface area contributed by atoms with E-state index in [1.807, 2.05) is 24.3 Å². The average Bonchev–Trinajstić information content (AvgIpc) is 2.49. The van der Waals surface area contributed by atoms with E-state index in [-0.39, 0.29) is 5.91 Å². The number of nitrogens with two attached hydrogens (primary N) is 1. The molecule has 20 heavy (non-hydrogen) atoms. The molecule has 1 aromatic rings. The number of hydrogen-bond donors (Lipinski definition) is 2. The molecule has 0 saturated carbocycles. The van der Waals surface area contributed by atoms with Gasteiger partial charge in [0.2, 0.25) is 0 Å². The van der Waals surface area contributed by atoms with Crippen molar-refractivity contribution in [2.45, 2.75) is 39.2 Å². The van der Waals surface area contributed by atoms with Crippen molar-refractivity contribution in [2.75, 3.05) is 13.1 Å². The van der Waals surface area contributed by atoms with Gasteiger partial charge in [0.15, 0.2) is 0 Å². The Morgan fingerprint density at radius 1 is 1.30 bits per heavy atom. The molecular weight excluding hydrogens is 250 g/mol. The molecule has 0 radical (unpaired) electrons. The maximum Gasteiger partial charge on any atom is 0.265 e. The standard InChI is InChI=1S/C16H25N3O/c1-2-3-13-8-10-19(11-9-13)12-14-4-6-15(7-5-14)16(20)18-17/h4-7,13H,2-3,8-12,17H2,1H3,(H,18,20). The summed E-state index contributed by atoms with van der Waals surface area (Å²) < 4.78 is 0. The first-order chi connectivity index (χ1) is 9.72. The molecule has 110 valence electrons. The van der Waals surface area contributed by atoms with Crippen molar-refractivity contribution in [3.05, 3.63) is 35.4 Å². The van der Waals surface area contributed by atoms with E-state index in [9.17, 15) is 4.79 Å². The van der Waals surface area contributed by atoms with E-state index >= 15 is 0 Å². The molecule has 1 aliphatic rings. The van der Waals surface area contributed by atoms with Crippen molar-refractivity contribution in [2.24, 2.45) is 11.8 Å². The SMILES string of the molecule is CCCC1CCN(Cc2ccc(C(=O)NN)cc2)CC1. The predicted octanol–water partition coefficient (Wildman–Crippen LogP) is 2.30. The fourth-order valence-corrected chi connectivity index (χ4v) is 2.94. The Labute approximate surface area is 121 Å². The minimum atomic E-state index is -0.239. The van der Waals surface area contributed by atoms with Crippen LogP contribution in [0.15, 0.2) is 24.3 Å². The topological polar surface area (TPSA) is 58.4 Å². The van der Waals surface area contributed by atoms with Gasteiger partial charge in [-0.25, -0.2) is 5.84 Å². The molecule has 0 aromatic heterocycles. The molecular formula is C16H25N3O. The number of nitrogens with zero attached hydrogens (tertiary/aromatic N) is 1. The summed E-state index contributed by atoms with van der Waals surface area (Å²) in [6.07, 6.45) is 5.31. The second kappa shape index (κ2) is 7.41. The van der Waals surface area contributed by atoms with Crippen LogP contribution in [0.3, 0.4) is 0 Å². The van der Waals surface area contributed by atoms with Gasteiger partial charge in [-0.1, -0.05) is 31.9 Å². The molecule has 0 aliphatic carbocycles. The summed E-state index contributed by atoms with van der Waals surface area (Å²) in [5, 5.41) is 0. The highest BCUT2D eigenvalue weighted by Crippen LogP contribution is 2.22. The Balaban J connectivity index is 1.84. The molecule has 1 aromatic carbocycles. The van der Waals surface area contributed by atoms with Crippen molar-refractivity contribution in [1.29, 1.82) is 0 Å². The Hall–Kier alpha value is -1.39. The van der Waals surface area contributed by atoms with Crippen LogP contribution in [0, 0.1) is 5.92 Å². The Kier molecular flexibility index (Phi) is 5.56. The summed E-state index contributed by atoms with van der Waals surface area (Å²) in [4.78, 5) is 13.9. The summed E-state index contributed by atoms with van der Waals surface area (Å²) in [7, 11) is 0. The maximum atomic E-state index is 11.4. The lowest BCUT2D eigenvalue weighted by Gasteiger charge is -2.31. The van der Waals surface area contributed by atoms with Crippen LogP contribution in [-0.2, 0) is 6.54 Å². The zero-order chi connectivity index (χ0) is 14.4. The highest BCUT2D eigenvalue weighted by Gasteiger charge is 2.18. The number of carbonyl (C=O) groups excluding carboxylic acids is 1. The lowest BCUT2D eigenvalue weighted by atomic mass is 9.92. The first-order valence-electron chi connectivity index (χ1n) is 7.55. The molecule has 0 atom stereocenters. The number of likely N-dealkylation sites (tertiary alicyclic amines) is 1. The number of hydrogen-bond acceptors (Lipinski definition) is 3. The van der Waals surface area contributed by atoms with Gasteiger partial charge < -0.3 is 0 Å². The van der Waals surface area contributed by atoms with Crippen LogP contribution in [0.25, 0.3) is 0 Å². The van der Waals surface area contributed by atoms with E-state index in [4.69, 9.17) is 5.84 Å². The van der Waals surface area contributed by atoms with Gasteiger partial charge in [0.05, 0.1) is 0 Å². The highest BCUT2D eigenvalue weighted by atomic mass is 16.2. The second-order valence-corrected chi connectivity index (χ2v) is 5.68. The van der Waals surface area contributed by atoms with Gasteiger partial charge in [0.1, 0.15) is 0 Å². The number of hydrazine groups is 1. The molecule has 1 saturated heterocycles. The third-order valence-corrected chi connectivity index (χ3v) is 4.16. The van der Waals surface area contributed by atoms with E-state index < -0.39 is 0 Å². The smallest absolute Gasteiger partial charge is 0.265 e. The average molecular weight is 275 g/mol. The first-order valence-corrected chi connectivity index (χ1v) is 7.55. The molecule has 0 spiro atoms. The van der Waals surface area contributed by atoms with Crippen molar-refractivity contribution in [3.8, 4) is 0 Å². The van der Waals surface area contributed by atoms with Crippen LogP contribution >= 0.6 is 0 Å². The molecule has 0 unspecified atom stereocenters. The lowest BCUT2D eigenvalue weighted by molar-refractivity contribution is 0.0953. The number of nitrogen functional groups attached to an aromatic ring is 1. The van der Waals surface area contributed by atoms with Crippen molar-refractivity contribution in [1.82, 2.24) is 10.3 Å². The van der Waals surface area contributed by atoms with E-state index in [0.29, 0.717) is 5.56 Å². The van der Waals surface area contributed by atoms with Crippen LogP contribution in [-0.4, -0.2) is 23.9 Å². The molecule has 2 rings (SSSR count). The van der Waals surface area contributed by atoms with Crippen LogP contribution < -0.4 is 11.3 Å². The van der Waals surface area contributed by atoms with Crippen LogP contribution in [0.2, 0.25) is 0 Å². The maximum absolute atomic E-state index is 11.4. The summed E-state index contributed by atoms with van der Waals surface area (Å²) in [5.74, 6) is 5.81. The van der Waals surface area contributed by atoms with Crippen molar-refractivity contribution >= 4 is 5.91 Å². The minimum absolute atomic E-state index is 0.239. The van der Waals surface area contributed by atoms with Crippen LogP contribution in [0.4, 0.5) is 0 Å². The summed E-state index contributed by atoms with van der Waals surface area (Å²) >= 11 is 0. The molecule has 4 heteroatoms. The van der Waals surface area contributed by atoms with Gasteiger partial charge in [0.25, 0.3) is 5.91 Å². The van der Waals surface area contributed by atoms with E-state index in [1.165, 1.54) is 44.3 Å². The zero-order valence-corrected chi connectivity index (χ0v) is 12.3. The van der Waals surface area contributed by atoms with Gasteiger partial charge in [0, 0.05) is 12.1 Å². The van der Waals surface area contributed by atoms with Gasteiger partial charge in [-0.15, -0.1) is 0 Å². The second-order valence-electron chi connectivity index (χ2n) is 5.68. The third kappa shape index (κ3) is 4.05. The summed E-state index contributed by atoms with van der Waals surface area (Å²) in [5.41, 5.74) is 4.02. The molecule has 4 nitrogen and oxygen atoms in total. The summed E-state index contributed by atoms with van der Waals surface area (Å²) in [6.45, 7) is 5.63. The normalized spacial score (nSPS) is 17.1. The van der Waals surface area contributed by atoms with Crippen LogP contribution in [0.1, 0.15) is 48.5 Å². The third-order valence-electron chi connectivity index (χ3n) is 4.16. The number of benzene rings is 1. The fourth-order valence-electron chi connectivity index (χ4n) is 2.94. The van der Waals surface area contributed by atoms with Crippen molar-refractivity contribution in [3.63, 3.8) is 0 Å². The summed E-state index contributed by atoms with van der Waals surface area (Å²) in [6, 6.07) is 7.70. The number of piperidine rings is 1. The van der Waals surface area contributed by atoms with Gasteiger partial charge in [-0.05, 0) is 49.5 Å². The molecule has 3 N–H and O–H groups in total. The highest BCUT2D eigenvalue weighted by molar-refractivity contribution is 5.93. The minimum Gasteiger partial charge on any atom is -0.299 e. The Bertz CT molecular complexity index is 422. The monoisotopic (exact) mass is 275 g/mol. The molecule has 1 amide bonds. The zero-order valence-electron chi connectivity index (χ0n) is 12.3. The van der Waals surface area contributed by atoms with E-state index in [1.54, 1.807) is 0 Å². The number of amides is 1. The molecule has 1 fully saturated rings.